The molecule has 3 atom stereocenters. The number of alkyl halides is 2. The minimum atomic E-state index is -3.73. The number of fused-ring (bicyclic) bond motifs is 1. The van der Waals surface area contributed by atoms with Gasteiger partial charge >= 0.3 is 0 Å². The lowest BCUT2D eigenvalue weighted by Crippen LogP contribution is -2.44. The first-order valence-corrected chi connectivity index (χ1v) is 15.8. The quantitative estimate of drug-likeness (QED) is 0.289. The molecule has 8 nitrogen and oxygen atoms in total. The van der Waals surface area contributed by atoms with Gasteiger partial charge in [0.25, 0.3) is 0 Å². The number of rotatable bonds is 10. The Morgan fingerprint density at radius 3 is 2.49 bits per heavy atom. The smallest absolute Gasteiger partial charge is 0.233 e. The Balaban J connectivity index is 1.57. The van der Waals surface area contributed by atoms with Crippen molar-refractivity contribution in [2.24, 2.45) is 0 Å². The predicted octanol–water partition coefficient (Wildman–Crippen LogP) is 6.24. The van der Waals surface area contributed by atoms with Crippen molar-refractivity contribution in [3.8, 4) is 11.1 Å². The van der Waals surface area contributed by atoms with E-state index < -0.39 is 21.9 Å². The van der Waals surface area contributed by atoms with E-state index in [1.54, 1.807) is 12.3 Å². The Kier molecular flexibility index (Phi) is 9.18. The van der Waals surface area contributed by atoms with Crippen LogP contribution < -0.4 is 10.0 Å². The van der Waals surface area contributed by atoms with Gasteiger partial charge in [-0.3, -0.25) is 4.72 Å². The molecule has 1 fully saturated rings. The number of hydrogen-bond donors (Lipinski definition) is 2. The van der Waals surface area contributed by atoms with Crippen LogP contribution in [-0.4, -0.2) is 72.0 Å². The first-order chi connectivity index (χ1) is 19.1. The molecule has 1 aliphatic carbocycles. The molecule has 0 radical (unpaired) electrons. The highest BCUT2D eigenvalue weighted by Crippen LogP contribution is 2.33. The lowest BCUT2D eigenvalue weighted by atomic mass is 9.89. The molecule has 2 N–H and O–H groups in total. The fraction of sp³-hybridized carbons (Fsp3) is 0.567. The standard InChI is InChI=1S/C30H42F2N6O2S/c1-18(2)24-15-20(23-9-11-27(34-19(23)3)37-41(39,40)13-12-30(4,5)32)14-21-17-33-29(36-28(21)24)35-22-8-10-26(38(6)7)25(31)16-22/h9,11,14-15,17-18,22,25-26H,8,10,12-13,16H2,1-7H3,(H,34,37)(H,33,35,36)/t22-,25?,26-/m0/s1. The van der Waals surface area contributed by atoms with E-state index in [4.69, 9.17) is 4.98 Å². The lowest BCUT2D eigenvalue weighted by molar-refractivity contribution is 0.109. The van der Waals surface area contributed by atoms with Crippen molar-refractivity contribution in [3.05, 3.63) is 41.7 Å². The van der Waals surface area contributed by atoms with Gasteiger partial charge in [-0.15, -0.1) is 0 Å². The molecule has 0 bridgehead atoms. The number of anilines is 2. The van der Waals surface area contributed by atoms with Crippen LogP contribution in [0, 0.1) is 6.92 Å². The van der Waals surface area contributed by atoms with Gasteiger partial charge in [0.15, 0.2) is 0 Å². The zero-order valence-corrected chi connectivity index (χ0v) is 25.8. The highest BCUT2D eigenvalue weighted by molar-refractivity contribution is 7.92. The van der Waals surface area contributed by atoms with E-state index in [0.717, 1.165) is 40.4 Å². The van der Waals surface area contributed by atoms with Gasteiger partial charge in [0.1, 0.15) is 17.7 Å². The van der Waals surface area contributed by atoms with E-state index in [0.29, 0.717) is 18.1 Å². The third-order valence-corrected chi connectivity index (χ3v) is 8.95. The zero-order valence-electron chi connectivity index (χ0n) is 25.0. The average molecular weight is 589 g/mol. The second-order valence-corrected chi connectivity index (χ2v) is 14.1. The molecule has 224 valence electrons. The Labute approximate surface area is 242 Å². The molecular formula is C30H42F2N6O2S. The summed E-state index contributed by atoms with van der Waals surface area (Å²) in [5.74, 6) is 0.537. The molecule has 2 heterocycles. The Hall–Kier alpha value is -2.92. The van der Waals surface area contributed by atoms with Gasteiger partial charge in [0.05, 0.1) is 11.3 Å². The van der Waals surface area contributed by atoms with Gasteiger partial charge < -0.3 is 10.2 Å². The highest BCUT2D eigenvalue weighted by Gasteiger charge is 2.32. The summed E-state index contributed by atoms with van der Waals surface area (Å²) in [6.07, 6.45) is 2.84. The number of aromatic nitrogens is 3. The minimum absolute atomic E-state index is 0.0199. The maximum Gasteiger partial charge on any atom is 0.233 e. The van der Waals surface area contributed by atoms with Crippen molar-refractivity contribution >= 4 is 32.7 Å². The van der Waals surface area contributed by atoms with Crippen molar-refractivity contribution in [2.75, 3.05) is 29.9 Å². The summed E-state index contributed by atoms with van der Waals surface area (Å²) >= 11 is 0. The van der Waals surface area contributed by atoms with Crippen molar-refractivity contribution < 1.29 is 17.2 Å². The monoisotopic (exact) mass is 588 g/mol. The number of sulfonamides is 1. The molecular weight excluding hydrogens is 546 g/mol. The van der Waals surface area contributed by atoms with Crippen LogP contribution in [0.3, 0.4) is 0 Å². The molecule has 11 heteroatoms. The molecule has 0 amide bonds. The van der Waals surface area contributed by atoms with Gasteiger partial charge in [0.2, 0.25) is 16.0 Å². The molecule has 41 heavy (non-hydrogen) atoms. The van der Waals surface area contributed by atoms with Gasteiger partial charge in [-0.05, 0) is 95.4 Å². The summed E-state index contributed by atoms with van der Waals surface area (Å²) < 4.78 is 55.9. The third kappa shape index (κ3) is 7.88. The maximum absolute atomic E-state index is 14.7. The highest BCUT2D eigenvalue weighted by atomic mass is 32.2. The van der Waals surface area contributed by atoms with Crippen LogP contribution in [-0.2, 0) is 10.0 Å². The maximum atomic E-state index is 14.7. The molecule has 1 aromatic carbocycles. The molecule has 1 aliphatic rings. The molecule has 0 spiro atoms. The fourth-order valence-corrected chi connectivity index (χ4v) is 6.63. The molecule has 4 rings (SSSR count). The average Bonchev–Trinajstić information content (AvgIpc) is 2.86. The molecule has 0 aliphatic heterocycles. The van der Waals surface area contributed by atoms with Crippen LogP contribution >= 0.6 is 0 Å². The summed E-state index contributed by atoms with van der Waals surface area (Å²) in [5, 5.41) is 4.23. The topological polar surface area (TPSA) is 100 Å². The van der Waals surface area contributed by atoms with Gasteiger partial charge in [-0.25, -0.2) is 32.2 Å². The van der Waals surface area contributed by atoms with Crippen LogP contribution in [0.1, 0.15) is 70.6 Å². The zero-order chi connectivity index (χ0) is 30.1. The predicted molar refractivity (Wildman–Crippen MR) is 162 cm³/mol. The van der Waals surface area contributed by atoms with Crippen molar-refractivity contribution in [3.63, 3.8) is 0 Å². The van der Waals surface area contributed by atoms with Crippen molar-refractivity contribution in [1.82, 2.24) is 19.9 Å². The number of nitrogens with one attached hydrogen (secondary N) is 2. The number of nitrogens with zero attached hydrogens (tertiary/aromatic N) is 4. The van der Waals surface area contributed by atoms with E-state index in [1.165, 1.54) is 13.8 Å². The summed E-state index contributed by atoms with van der Waals surface area (Å²) in [5.41, 5.74) is 2.74. The van der Waals surface area contributed by atoms with Crippen molar-refractivity contribution in [2.45, 2.75) is 90.1 Å². The van der Waals surface area contributed by atoms with Crippen LogP contribution in [0.5, 0.6) is 0 Å². The van der Waals surface area contributed by atoms with E-state index in [2.05, 4.69) is 39.9 Å². The summed E-state index contributed by atoms with van der Waals surface area (Å²) in [4.78, 5) is 15.8. The van der Waals surface area contributed by atoms with Crippen molar-refractivity contribution in [1.29, 1.82) is 0 Å². The second kappa shape index (κ2) is 12.1. The Morgan fingerprint density at radius 1 is 1.15 bits per heavy atom. The second-order valence-electron chi connectivity index (χ2n) is 12.3. The molecule has 3 aromatic rings. The van der Waals surface area contributed by atoms with E-state index in [9.17, 15) is 17.2 Å². The first-order valence-electron chi connectivity index (χ1n) is 14.2. The molecule has 2 aromatic heterocycles. The Bertz CT molecular complexity index is 1490. The van der Waals surface area contributed by atoms with Crippen LogP contribution in [0.15, 0.2) is 30.5 Å². The van der Waals surface area contributed by atoms with Crippen LogP contribution in [0.25, 0.3) is 22.0 Å². The number of hydrogen-bond acceptors (Lipinski definition) is 7. The normalized spacial score (nSPS) is 20.1. The first kappa shape index (κ1) is 31.0. The van der Waals surface area contributed by atoms with E-state index in [1.807, 2.05) is 38.1 Å². The molecule has 0 saturated heterocycles. The van der Waals surface area contributed by atoms with Crippen LogP contribution in [0.4, 0.5) is 20.5 Å². The molecule has 1 saturated carbocycles. The number of pyridine rings is 1. The number of aryl methyl sites for hydroxylation is 1. The van der Waals surface area contributed by atoms with E-state index in [-0.39, 0.29) is 36.0 Å². The van der Waals surface area contributed by atoms with Gasteiger partial charge in [-0.2, -0.15) is 0 Å². The minimum Gasteiger partial charge on any atom is -0.351 e. The van der Waals surface area contributed by atoms with Crippen LogP contribution in [0.2, 0.25) is 0 Å². The fourth-order valence-electron chi connectivity index (χ4n) is 5.34. The number of benzene rings is 1. The SMILES string of the molecule is Cc1nc(NS(=O)(=O)CCC(C)(C)F)ccc1-c1cc(C(C)C)c2nc(N[C@H]3CC[C@H](N(C)C)C(F)C3)ncc2c1. The number of halogens is 2. The Morgan fingerprint density at radius 2 is 1.88 bits per heavy atom. The third-order valence-electron chi connectivity index (χ3n) is 7.69. The van der Waals surface area contributed by atoms with Gasteiger partial charge in [0, 0.05) is 41.3 Å². The molecule has 1 unspecified atom stereocenters. The summed E-state index contributed by atoms with van der Waals surface area (Å²) in [7, 11) is 0.110. The summed E-state index contributed by atoms with van der Waals surface area (Å²) in [6, 6.07) is 7.46. The summed E-state index contributed by atoms with van der Waals surface area (Å²) in [6.45, 7) is 8.74. The largest absolute Gasteiger partial charge is 0.351 e. The van der Waals surface area contributed by atoms with Gasteiger partial charge in [-0.1, -0.05) is 13.8 Å². The lowest BCUT2D eigenvalue weighted by Gasteiger charge is -2.35. The van der Waals surface area contributed by atoms with E-state index >= 15 is 0 Å².